The molecule has 0 aliphatic carbocycles. The Bertz CT molecular complexity index is 703. The molecule has 2 saturated heterocycles. The van der Waals surface area contributed by atoms with E-state index in [9.17, 15) is 22.8 Å². The molecule has 0 saturated carbocycles. The smallest absolute Gasteiger partial charge is 0.422 e. The number of halogens is 3. The second-order valence-corrected chi connectivity index (χ2v) is 7.53. The summed E-state index contributed by atoms with van der Waals surface area (Å²) >= 11 is 0. The SMILES string of the molecule is O=C(NCc1ccc(OCC(F)(F)F)cc1)C1CCCN(C(=O)N2CCCC2)C1. The van der Waals surface area contributed by atoms with Gasteiger partial charge in [-0.1, -0.05) is 12.1 Å². The van der Waals surface area contributed by atoms with E-state index in [0.717, 1.165) is 44.3 Å². The number of ether oxygens (including phenoxy) is 1. The third kappa shape index (κ3) is 6.27. The highest BCUT2D eigenvalue weighted by molar-refractivity contribution is 5.81. The number of alkyl halides is 3. The average Bonchev–Trinajstić information content (AvgIpc) is 3.25. The van der Waals surface area contributed by atoms with Gasteiger partial charge in [0.2, 0.25) is 5.91 Å². The van der Waals surface area contributed by atoms with Crippen LogP contribution in [-0.2, 0) is 11.3 Å². The van der Waals surface area contributed by atoms with Crippen molar-refractivity contribution in [1.29, 1.82) is 0 Å². The van der Waals surface area contributed by atoms with Crippen LogP contribution in [0.25, 0.3) is 0 Å². The molecule has 0 spiro atoms. The molecule has 0 aromatic heterocycles. The molecule has 3 rings (SSSR count). The van der Waals surface area contributed by atoms with Crippen LogP contribution < -0.4 is 10.1 Å². The van der Waals surface area contributed by atoms with Gasteiger partial charge >= 0.3 is 12.2 Å². The van der Waals surface area contributed by atoms with Gasteiger partial charge in [-0.25, -0.2) is 4.79 Å². The fourth-order valence-electron chi connectivity index (χ4n) is 3.68. The summed E-state index contributed by atoms with van der Waals surface area (Å²) in [6.45, 7) is 1.61. The Kier molecular flexibility index (Phi) is 6.87. The molecule has 1 atom stereocenters. The third-order valence-corrected chi connectivity index (χ3v) is 5.23. The van der Waals surface area contributed by atoms with Crippen molar-refractivity contribution < 1.29 is 27.5 Å². The summed E-state index contributed by atoms with van der Waals surface area (Å²) < 4.78 is 41.2. The van der Waals surface area contributed by atoms with Gasteiger partial charge in [0.25, 0.3) is 0 Å². The van der Waals surface area contributed by atoms with Crippen LogP contribution in [0.1, 0.15) is 31.2 Å². The minimum absolute atomic E-state index is 0.0226. The van der Waals surface area contributed by atoms with Crippen molar-refractivity contribution in [3.05, 3.63) is 29.8 Å². The van der Waals surface area contributed by atoms with E-state index < -0.39 is 12.8 Å². The van der Waals surface area contributed by atoms with Crippen LogP contribution in [0.4, 0.5) is 18.0 Å². The van der Waals surface area contributed by atoms with E-state index in [2.05, 4.69) is 10.1 Å². The lowest BCUT2D eigenvalue weighted by molar-refractivity contribution is -0.153. The molecule has 2 aliphatic heterocycles. The van der Waals surface area contributed by atoms with Gasteiger partial charge in [-0.3, -0.25) is 4.79 Å². The van der Waals surface area contributed by atoms with Gasteiger partial charge < -0.3 is 19.9 Å². The average molecular weight is 413 g/mol. The Morgan fingerprint density at radius 1 is 1.03 bits per heavy atom. The zero-order valence-corrected chi connectivity index (χ0v) is 16.2. The first-order valence-corrected chi connectivity index (χ1v) is 9.92. The number of nitrogens with one attached hydrogen (secondary N) is 1. The molecule has 1 aromatic carbocycles. The second kappa shape index (κ2) is 9.37. The van der Waals surface area contributed by atoms with E-state index >= 15 is 0 Å². The summed E-state index contributed by atoms with van der Waals surface area (Å²) in [4.78, 5) is 28.7. The van der Waals surface area contributed by atoms with E-state index in [4.69, 9.17) is 0 Å². The predicted octanol–water partition coefficient (Wildman–Crippen LogP) is 3.17. The quantitative estimate of drug-likeness (QED) is 0.807. The van der Waals surface area contributed by atoms with Crippen LogP contribution in [0.5, 0.6) is 5.75 Å². The molecule has 2 aliphatic rings. The molecule has 6 nitrogen and oxygen atoms in total. The molecule has 0 radical (unpaired) electrons. The van der Waals surface area contributed by atoms with Gasteiger partial charge in [0.05, 0.1) is 5.92 Å². The van der Waals surface area contributed by atoms with Gasteiger partial charge in [0.15, 0.2) is 6.61 Å². The molecule has 1 unspecified atom stereocenters. The van der Waals surface area contributed by atoms with Crippen molar-refractivity contribution in [2.45, 2.75) is 38.4 Å². The van der Waals surface area contributed by atoms with Crippen LogP contribution in [0.3, 0.4) is 0 Å². The standard InChI is InChI=1S/C20H26F3N3O3/c21-20(22,23)14-29-17-7-5-15(6-8-17)12-24-18(27)16-4-3-11-26(13-16)19(28)25-9-1-2-10-25/h5-8,16H,1-4,9-14H2,(H,24,27). The Hall–Kier alpha value is -2.45. The Balaban J connectivity index is 1.45. The molecule has 3 amide bonds. The van der Waals surface area contributed by atoms with Crippen LogP contribution in [0.15, 0.2) is 24.3 Å². The van der Waals surface area contributed by atoms with Crippen molar-refractivity contribution in [3.63, 3.8) is 0 Å². The highest BCUT2D eigenvalue weighted by Crippen LogP contribution is 2.21. The van der Waals surface area contributed by atoms with Crippen LogP contribution in [0.2, 0.25) is 0 Å². The number of carbonyl (C=O) groups excluding carboxylic acids is 2. The molecular formula is C20H26F3N3O3. The van der Waals surface area contributed by atoms with E-state index in [-0.39, 0.29) is 30.2 Å². The summed E-state index contributed by atoms with van der Waals surface area (Å²) in [6, 6.07) is 6.16. The molecule has 29 heavy (non-hydrogen) atoms. The maximum Gasteiger partial charge on any atom is 0.422 e. The lowest BCUT2D eigenvalue weighted by atomic mass is 9.97. The fraction of sp³-hybridized carbons (Fsp3) is 0.600. The van der Waals surface area contributed by atoms with E-state index in [1.54, 1.807) is 17.0 Å². The van der Waals surface area contributed by atoms with Crippen molar-refractivity contribution in [2.24, 2.45) is 5.92 Å². The van der Waals surface area contributed by atoms with Crippen LogP contribution in [0, 0.1) is 5.92 Å². The number of rotatable bonds is 5. The molecular weight excluding hydrogens is 387 g/mol. The third-order valence-electron chi connectivity index (χ3n) is 5.23. The molecule has 160 valence electrons. The first-order chi connectivity index (χ1) is 13.8. The number of piperidine rings is 1. The van der Waals surface area contributed by atoms with Crippen LogP contribution >= 0.6 is 0 Å². The molecule has 2 heterocycles. The number of hydrogen-bond acceptors (Lipinski definition) is 3. The fourth-order valence-corrected chi connectivity index (χ4v) is 3.68. The zero-order chi connectivity index (χ0) is 20.9. The number of nitrogens with zero attached hydrogens (tertiary/aromatic N) is 2. The van der Waals surface area contributed by atoms with Gasteiger partial charge in [0, 0.05) is 32.7 Å². The molecule has 1 N–H and O–H groups in total. The molecule has 2 fully saturated rings. The summed E-state index contributed by atoms with van der Waals surface area (Å²) in [7, 11) is 0. The molecule has 1 aromatic rings. The molecule has 0 bridgehead atoms. The topological polar surface area (TPSA) is 61.9 Å². The van der Waals surface area contributed by atoms with Crippen molar-refractivity contribution in [3.8, 4) is 5.75 Å². The summed E-state index contributed by atoms with van der Waals surface area (Å²) in [5, 5.41) is 2.86. The number of likely N-dealkylation sites (tertiary alicyclic amines) is 2. The van der Waals surface area contributed by atoms with Crippen LogP contribution in [-0.4, -0.2) is 60.7 Å². The highest BCUT2D eigenvalue weighted by atomic mass is 19.4. The predicted molar refractivity (Wildman–Crippen MR) is 100 cm³/mol. The van der Waals surface area contributed by atoms with Crippen molar-refractivity contribution in [1.82, 2.24) is 15.1 Å². The number of urea groups is 1. The monoisotopic (exact) mass is 413 g/mol. The zero-order valence-electron chi connectivity index (χ0n) is 16.2. The second-order valence-electron chi connectivity index (χ2n) is 7.53. The minimum atomic E-state index is -4.38. The largest absolute Gasteiger partial charge is 0.484 e. The Morgan fingerprint density at radius 3 is 2.34 bits per heavy atom. The summed E-state index contributed by atoms with van der Waals surface area (Å²) in [5.74, 6) is -0.230. The number of carbonyl (C=O) groups is 2. The summed E-state index contributed by atoms with van der Waals surface area (Å²) in [5.41, 5.74) is 0.763. The normalized spacial score (nSPS) is 19.9. The number of benzene rings is 1. The minimum Gasteiger partial charge on any atom is -0.484 e. The first-order valence-electron chi connectivity index (χ1n) is 9.92. The lowest BCUT2D eigenvalue weighted by Crippen LogP contribution is -2.49. The first kappa shape index (κ1) is 21.3. The van der Waals surface area contributed by atoms with Gasteiger partial charge in [0.1, 0.15) is 5.75 Å². The van der Waals surface area contributed by atoms with Gasteiger partial charge in [-0.05, 0) is 43.4 Å². The molecule has 9 heteroatoms. The number of amides is 3. The Morgan fingerprint density at radius 2 is 1.69 bits per heavy atom. The van der Waals surface area contributed by atoms with E-state index in [1.165, 1.54) is 12.1 Å². The van der Waals surface area contributed by atoms with Gasteiger partial charge in [-0.2, -0.15) is 13.2 Å². The number of hydrogen-bond donors (Lipinski definition) is 1. The van der Waals surface area contributed by atoms with Gasteiger partial charge in [-0.15, -0.1) is 0 Å². The summed E-state index contributed by atoms with van der Waals surface area (Å²) in [6.07, 6.45) is -0.785. The Labute approximate surface area is 168 Å². The van der Waals surface area contributed by atoms with Crippen molar-refractivity contribution in [2.75, 3.05) is 32.8 Å². The van der Waals surface area contributed by atoms with Crippen molar-refractivity contribution >= 4 is 11.9 Å². The maximum absolute atomic E-state index is 12.5. The lowest BCUT2D eigenvalue weighted by Gasteiger charge is -2.34. The maximum atomic E-state index is 12.5. The van der Waals surface area contributed by atoms with E-state index in [1.807, 2.05) is 4.90 Å². The van der Waals surface area contributed by atoms with E-state index in [0.29, 0.717) is 13.1 Å². The highest BCUT2D eigenvalue weighted by Gasteiger charge is 2.31.